The number of benzene rings is 2. The van der Waals surface area contributed by atoms with Crippen molar-refractivity contribution < 1.29 is 14.6 Å². The predicted octanol–water partition coefficient (Wildman–Crippen LogP) is 4.09. The summed E-state index contributed by atoms with van der Waals surface area (Å²) in [4.78, 5) is 19.1. The van der Waals surface area contributed by atoms with Crippen LogP contribution in [-0.2, 0) is 13.0 Å². The second-order valence-corrected chi connectivity index (χ2v) is 7.65. The Kier molecular flexibility index (Phi) is 6.10. The topological polar surface area (TPSA) is 62.7 Å². The van der Waals surface area contributed by atoms with E-state index in [1.165, 1.54) is 5.56 Å². The summed E-state index contributed by atoms with van der Waals surface area (Å²) in [6.45, 7) is 3.24. The molecule has 3 aromatic rings. The second-order valence-electron chi connectivity index (χ2n) is 7.65. The van der Waals surface area contributed by atoms with Crippen LogP contribution in [0.2, 0.25) is 0 Å². The highest BCUT2D eigenvalue weighted by Crippen LogP contribution is 2.29. The number of aliphatic hydroxyl groups is 1. The molecule has 2 aromatic carbocycles. The van der Waals surface area contributed by atoms with Crippen LogP contribution in [0.25, 0.3) is 0 Å². The summed E-state index contributed by atoms with van der Waals surface area (Å²) in [7, 11) is 0. The third kappa shape index (κ3) is 4.69. The first-order chi connectivity index (χ1) is 14.6. The highest BCUT2D eigenvalue weighted by molar-refractivity contribution is 5.92. The highest BCUT2D eigenvalue weighted by atomic mass is 16.5. The summed E-state index contributed by atoms with van der Waals surface area (Å²) in [6.07, 6.45) is 0.875. The van der Waals surface area contributed by atoms with Crippen LogP contribution in [0.15, 0.2) is 66.7 Å². The van der Waals surface area contributed by atoms with E-state index < -0.39 is 6.10 Å². The number of rotatable bonds is 5. The molecule has 1 atom stereocenters. The zero-order chi connectivity index (χ0) is 20.9. The second kappa shape index (κ2) is 9.09. The first kappa shape index (κ1) is 20.1. The van der Waals surface area contributed by atoms with Crippen molar-refractivity contribution in [2.45, 2.75) is 32.4 Å². The third-order valence-electron chi connectivity index (χ3n) is 5.39. The summed E-state index contributed by atoms with van der Waals surface area (Å²) >= 11 is 0. The largest absolute Gasteiger partial charge is 0.491 e. The van der Waals surface area contributed by atoms with Crippen LogP contribution >= 0.6 is 0 Å². The first-order valence-electron chi connectivity index (χ1n) is 10.3. The summed E-state index contributed by atoms with van der Waals surface area (Å²) < 4.78 is 5.86. The van der Waals surface area contributed by atoms with Gasteiger partial charge in [0, 0.05) is 17.8 Å². The van der Waals surface area contributed by atoms with E-state index in [2.05, 4.69) is 17.1 Å². The molecule has 0 radical (unpaired) electrons. The number of aliphatic hydroxyl groups excluding tert-OH is 1. The minimum Gasteiger partial charge on any atom is -0.491 e. The molecular weight excluding hydrogens is 376 g/mol. The molecule has 2 heterocycles. The Morgan fingerprint density at radius 1 is 1.13 bits per heavy atom. The van der Waals surface area contributed by atoms with Crippen LogP contribution in [0.1, 0.15) is 45.4 Å². The molecule has 1 N–H and O–H groups in total. The van der Waals surface area contributed by atoms with Crippen molar-refractivity contribution in [3.63, 3.8) is 0 Å². The molecule has 30 heavy (non-hydrogen) atoms. The van der Waals surface area contributed by atoms with E-state index in [0.29, 0.717) is 31.8 Å². The van der Waals surface area contributed by atoms with Crippen molar-refractivity contribution in [1.29, 1.82) is 0 Å². The molecule has 1 amide bonds. The molecule has 1 unspecified atom stereocenters. The molecule has 5 nitrogen and oxygen atoms in total. The molecular formula is C25H26N2O3. The van der Waals surface area contributed by atoms with Crippen molar-refractivity contribution in [3.8, 4) is 5.75 Å². The molecule has 0 fully saturated rings. The number of amides is 1. The van der Waals surface area contributed by atoms with Gasteiger partial charge in [-0.2, -0.15) is 0 Å². The van der Waals surface area contributed by atoms with Gasteiger partial charge >= 0.3 is 0 Å². The molecule has 0 spiro atoms. The summed E-state index contributed by atoms with van der Waals surface area (Å²) in [5.74, 6) is 0.659. The Hall–Kier alpha value is -3.18. The van der Waals surface area contributed by atoms with Gasteiger partial charge in [0.15, 0.2) is 0 Å². The molecule has 1 aliphatic heterocycles. The Morgan fingerprint density at radius 2 is 1.97 bits per heavy atom. The molecule has 1 aliphatic rings. The van der Waals surface area contributed by atoms with Crippen molar-refractivity contribution in [1.82, 2.24) is 9.88 Å². The van der Waals surface area contributed by atoms with Crippen molar-refractivity contribution in [2.75, 3.05) is 13.2 Å². The molecule has 0 saturated heterocycles. The number of hydrogen-bond acceptors (Lipinski definition) is 4. The first-order valence-corrected chi connectivity index (χ1v) is 10.3. The minimum atomic E-state index is -0.568. The SMILES string of the molecule is Cc1cccc(C(=O)N2CCOc3ccc(C(O)CCc4ccccc4)cc3C2)n1. The monoisotopic (exact) mass is 402 g/mol. The number of fused-ring (bicyclic) bond motifs is 1. The van der Waals surface area contributed by atoms with Crippen molar-refractivity contribution in [3.05, 3.63) is 94.8 Å². The molecule has 154 valence electrons. The lowest BCUT2D eigenvalue weighted by Gasteiger charge is -2.20. The minimum absolute atomic E-state index is 0.106. The lowest BCUT2D eigenvalue weighted by molar-refractivity contribution is 0.0727. The van der Waals surface area contributed by atoms with Gasteiger partial charge in [-0.25, -0.2) is 4.98 Å². The average molecular weight is 402 g/mol. The van der Waals surface area contributed by atoms with Crippen LogP contribution < -0.4 is 4.74 Å². The van der Waals surface area contributed by atoms with Crippen LogP contribution in [0.3, 0.4) is 0 Å². The third-order valence-corrected chi connectivity index (χ3v) is 5.39. The van der Waals surface area contributed by atoms with E-state index in [1.807, 2.05) is 55.5 Å². The fourth-order valence-electron chi connectivity index (χ4n) is 3.73. The van der Waals surface area contributed by atoms with Gasteiger partial charge in [0.2, 0.25) is 0 Å². The molecule has 0 bridgehead atoms. The normalized spacial score (nSPS) is 14.4. The number of hydrogen-bond donors (Lipinski definition) is 1. The fourth-order valence-corrected chi connectivity index (χ4v) is 3.73. The van der Waals surface area contributed by atoms with Gasteiger partial charge in [-0.3, -0.25) is 4.79 Å². The van der Waals surface area contributed by atoms with Crippen molar-refractivity contribution >= 4 is 5.91 Å². The van der Waals surface area contributed by atoms with E-state index in [9.17, 15) is 9.90 Å². The molecule has 0 aliphatic carbocycles. The van der Waals surface area contributed by atoms with E-state index in [-0.39, 0.29) is 5.91 Å². The molecule has 0 saturated carbocycles. The quantitative estimate of drug-likeness (QED) is 0.698. The van der Waals surface area contributed by atoms with Crippen LogP contribution in [0.4, 0.5) is 0 Å². The zero-order valence-electron chi connectivity index (χ0n) is 17.1. The van der Waals surface area contributed by atoms with Gasteiger partial charge in [0.1, 0.15) is 18.1 Å². The van der Waals surface area contributed by atoms with E-state index >= 15 is 0 Å². The smallest absolute Gasteiger partial charge is 0.272 e. The lowest BCUT2D eigenvalue weighted by atomic mass is 9.99. The number of aromatic nitrogens is 1. The van der Waals surface area contributed by atoms with Crippen molar-refractivity contribution in [2.24, 2.45) is 0 Å². The molecule has 5 heteroatoms. The maximum atomic E-state index is 13.0. The predicted molar refractivity (Wildman–Crippen MR) is 115 cm³/mol. The van der Waals surface area contributed by atoms with Crippen LogP contribution in [-0.4, -0.2) is 34.0 Å². The van der Waals surface area contributed by atoms with E-state index in [0.717, 1.165) is 29.0 Å². The Bertz CT molecular complexity index is 1020. The number of pyridine rings is 1. The van der Waals surface area contributed by atoms with Gasteiger partial charge in [-0.05, 0) is 55.2 Å². The maximum Gasteiger partial charge on any atom is 0.272 e. The standard InChI is InChI=1S/C25H26N2O3/c1-18-6-5-9-22(26-18)25(29)27-14-15-30-24-13-11-20(16-21(24)17-27)23(28)12-10-19-7-3-2-4-8-19/h2-9,11,13,16,23,28H,10,12,14-15,17H2,1H3. The van der Waals surface area contributed by atoms with Gasteiger partial charge in [0.25, 0.3) is 5.91 Å². The zero-order valence-corrected chi connectivity index (χ0v) is 17.1. The van der Waals surface area contributed by atoms with E-state index in [1.54, 1.807) is 11.0 Å². The summed E-state index contributed by atoms with van der Waals surface area (Å²) in [5.41, 5.74) is 4.21. The number of nitrogens with zero attached hydrogens (tertiary/aromatic N) is 2. The summed E-state index contributed by atoms with van der Waals surface area (Å²) in [6, 6.07) is 21.4. The fraction of sp³-hybridized carbons (Fsp3) is 0.280. The van der Waals surface area contributed by atoms with Gasteiger partial charge in [-0.15, -0.1) is 0 Å². The Balaban J connectivity index is 1.49. The number of carbonyl (C=O) groups is 1. The molecule has 1 aromatic heterocycles. The van der Waals surface area contributed by atoms with Gasteiger partial charge < -0.3 is 14.7 Å². The van der Waals surface area contributed by atoms with Crippen LogP contribution in [0.5, 0.6) is 5.75 Å². The highest BCUT2D eigenvalue weighted by Gasteiger charge is 2.23. The Morgan fingerprint density at radius 3 is 2.77 bits per heavy atom. The van der Waals surface area contributed by atoms with E-state index in [4.69, 9.17) is 4.74 Å². The number of aryl methyl sites for hydroxylation is 2. The Labute approximate surface area is 177 Å². The number of carbonyl (C=O) groups excluding carboxylic acids is 1. The maximum absolute atomic E-state index is 13.0. The molecule has 4 rings (SSSR count). The number of ether oxygens (including phenoxy) is 1. The summed E-state index contributed by atoms with van der Waals surface area (Å²) in [5, 5.41) is 10.7. The van der Waals surface area contributed by atoms with Gasteiger partial charge in [0.05, 0.1) is 12.6 Å². The lowest BCUT2D eigenvalue weighted by Crippen LogP contribution is -2.33. The average Bonchev–Trinajstić information content (AvgIpc) is 2.99. The van der Waals surface area contributed by atoms with Gasteiger partial charge in [-0.1, -0.05) is 42.5 Å². The van der Waals surface area contributed by atoms with Crippen LogP contribution in [0, 0.1) is 6.92 Å².